The van der Waals surface area contributed by atoms with Gasteiger partial charge in [0, 0.05) is 30.9 Å². The van der Waals surface area contributed by atoms with Gasteiger partial charge in [0.15, 0.2) is 0 Å². The summed E-state index contributed by atoms with van der Waals surface area (Å²) >= 11 is 0. The molecule has 5 rings (SSSR count). The number of rotatable bonds is 2. The topological polar surface area (TPSA) is 78.2 Å². The molecule has 8 heteroatoms. The highest BCUT2D eigenvalue weighted by Crippen LogP contribution is 2.30. The highest BCUT2D eigenvalue weighted by molar-refractivity contribution is 5.89. The van der Waals surface area contributed by atoms with Crippen LogP contribution in [-0.4, -0.2) is 63.2 Å². The van der Waals surface area contributed by atoms with Crippen molar-refractivity contribution in [1.82, 2.24) is 24.7 Å². The number of aromatic nitrogens is 5. The van der Waals surface area contributed by atoms with E-state index in [0.29, 0.717) is 13.2 Å². The van der Waals surface area contributed by atoms with E-state index in [1.165, 1.54) is 6.33 Å². The maximum absolute atomic E-state index is 6.13. The molecule has 0 bridgehead atoms. The van der Waals surface area contributed by atoms with Gasteiger partial charge in [0.1, 0.15) is 36.7 Å². The third-order valence-electron chi connectivity index (χ3n) is 4.84. The summed E-state index contributed by atoms with van der Waals surface area (Å²) in [4.78, 5) is 15.2. The van der Waals surface area contributed by atoms with Crippen LogP contribution in [0.3, 0.4) is 0 Å². The SMILES string of the molecule is c1cnc2ccnc(N3C[C@@H]4OCC(n5cncn5)CO[C@H]4C3)c2c1. The van der Waals surface area contributed by atoms with Crippen molar-refractivity contribution in [2.45, 2.75) is 18.2 Å². The van der Waals surface area contributed by atoms with E-state index >= 15 is 0 Å². The fourth-order valence-electron chi connectivity index (χ4n) is 3.55. The van der Waals surface area contributed by atoms with Gasteiger partial charge >= 0.3 is 0 Å². The van der Waals surface area contributed by atoms with Crippen molar-refractivity contribution in [3.63, 3.8) is 0 Å². The van der Waals surface area contributed by atoms with Gasteiger partial charge in [-0.05, 0) is 18.2 Å². The van der Waals surface area contributed by atoms with E-state index in [2.05, 4.69) is 31.0 Å². The molecule has 2 aliphatic heterocycles. The van der Waals surface area contributed by atoms with Crippen LogP contribution in [0.4, 0.5) is 5.82 Å². The number of hydrogen-bond acceptors (Lipinski definition) is 7. The fourth-order valence-corrected chi connectivity index (χ4v) is 3.55. The number of pyridine rings is 2. The smallest absolute Gasteiger partial charge is 0.138 e. The van der Waals surface area contributed by atoms with Crippen molar-refractivity contribution in [3.05, 3.63) is 43.2 Å². The van der Waals surface area contributed by atoms with E-state index in [1.807, 2.05) is 12.1 Å². The zero-order valence-electron chi connectivity index (χ0n) is 13.6. The van der Waals surface area contributed by atoms with Gasteiger partial charge in [-0.25, -0.2) is 14.6 Å². The first kappa shape index (κ1) is 14.7. The van der Waals surface area contributed by atoms with Gasteiger partial charge in [-0.3, -0.25) is 4.98 Å². The molecule has 128 valence electrons. The predicted octanol–water partition coefficient (Wildman–Crippen LogP) is 1.07. The normalized spacial score (nSPS) is 24.4. The predicted molar refractivity (Wildman–Crippen MR) is 90.3 cm³/mol. The lowest BCUT2D eigenvalue weighted by Gasteiger charge is -2.20. The lowest BCUT2D eigenvalue weighted by molar-refractivity contribution is -0.00461. The average Bonchev–Trinajstić information content (AvgIpc) is 3.28. The van der Waals surface area contributed by atoms with Gasteiger partial charge in [0.25, 0.3) is 0 Å². The minimum atomic E-state index is 0.0299. The van der Waals surface area contributed by atoms with Gasteiger partial charge in [-0.2, -0.15) is 5.10 Å². The van der Waals surface area contributed by atoms with E-state index in [-0.39, 0.29) is 18.2 Å². The van der Waals surface area contributed by atoms with Gasteiger partial charge in [0.05, 0.1) is 18.7 Å². The van der Waals surface area contributed by atoms with Gasteiger partial charge in [-0.15, -0.1) is 0 Å². The molecule has 0 N–H and O–H groups in total. The maximum Gasteiger partial charge on any atom is 0.138 e. The van der Waals surface area contributed by atoms with Crippen molar-refractivity contribution in [2.75, 3.05) is 31.2 Å². The van der Waals surface area contributed by atoms with E-state index < -0.39 is 0 Å². The van der Waals surface area contributed by atoms with Gasteiger partial charge in [0.2, 0.25) is 0 Å². The molecule has 0 amide bonds. The molecule has 0 unspecified atom stereocenters. The Balaban J connectivity index is 1.35. The highest BCUT2D eigenvalue weighted by atomic mass is 16.6. The Morgan fingerprint density at radius 3 is 2.60 bits per heavy atom. The first-order valence-corrected chi connectivity index (χ1v) is 8.40. The van der Waals surface area contributed by atoms with Crippen molar-refractivity contribution < 1.29 is 9.47 Å². The number of nitrogens with zero attached hydrogens (tertiary/aromatic N) is 6. The molecule has 5 heterocycles. The molecule has 0 aromatic carbocycles. The Hall–Kier alpha value is -2.58. The summed E-state index contributed by atoms with van der Waals surface area (Å²) < 4.78 is 14.1. The molecule has 3 aromatic rings. The molecule has 2 saturated heterocycles. The number of ether oxygens (including phenoxy) is 2. The molecule has 25 heavy (non-hydrogen) atoms. The Morgan fingerprint density at radius 2 is 1.84 bits per heavy atom. The monoisotopic (exact) mass is 338 g/mol. The lowest BCUT2D eigenvalue weighted by atomic mass is 10.2. The molecule has 2 aliphatic rings. The lowest BCUT2D eigenvalue weighted by Crippen LogP contribution is -2.27. The Morgan fingerprint density at radius 1 is 1.00 bits per heavy atom. The van der Waals surface area contributed by atoms with E-state index in [1.54, 1.807) is 23.4 Å². The number of hydrogen-bond donors (Lipinski definition) is 0. The second kappa shape index (κ2) is 6.05. The standard InChI is InChI=1S/C17H18N6O2/c1-2-13-14(19-4-1)3-5-20-17(13)22-6-15-16(7-22)25-9-12(8-24-15)23-11-18-10-21-23/h1-5,10-12,15-16H,6-9H2/t15-,16-/m0/s1. The summed E-state index contributed by atoms with van der Waals surface area (Å²) in [5.74, 6) is 0.943. The van der Waals surface area contributed by atoms with Crippen LogP contribution in [0.5, 0.6) is 0 Å². The van der Waals surface area contributed by atoms with Crippen LogP contribution in [0.1, 0.15) is 6.04 Å². The summed E-state index contributed by atoms with van der Waals surface area (Å²) in [6, 6.07) is 6.00. The molecular weight excluding hydrogens is 320 g/mol. The fraction of sp³-hybridized carbons (Fsp3) is 0.412. The van der Waals surface area contributed by atoms with Crippen molar-refractivity contribution in [2.24, 2.45) is 0 Å². The van der Waals surface area contributed by atoms with E-state index in [9.17, 15) is 0 Å². The molecule has 2 fully saturated rings. The first-order valence-electron chi connectivity index (χ1n) is 8.40. The molecular formula is C17H18N6O2. The zero-order chi connectivity index (χ0) is 16.6. The summed E-state index contributed by atoms with van der Waals surface area (Å²) in [7, 11) is 0. The number of fused-ring (bicyclic) bond motifs is 2. The zero-order valence-corrected chi connectivity index (χ0v) is 13.6. The second-order valence-electron chi connectivity index (χ2n) is 6.38. The van der Waals surface area contributed by atoms with Crippen LogP contribution >= 0.6 is 0 Å². The molecule has 0 radical (unpaired) electrons. The second-order valence-corrected chi connectivity index (χ2v) is 6.38. The Labute approximate surface area is 144 Å². The van der Waals surface area contributed by atoms with Crippen molar-refractivity contribution in [1.29, 1.82) is 0 Å². The van der Waals surface area contributed by atoms with Crippen LogP contribution in [0.15, 0.2) is 43.2 Å². The Kier molecular flexibility index (Phi) is 3.57. The summed E-state index contributed by atoms with van der Waals surface area (Å²) in [5, 5.41) is 5.25. The van der Waals surface area contributed by atoms with Gasteiger partial charge in [-0.1, -0.05) is 0 Å². The van der Waals surface area contributed by atoms with E-state index in [4.69, 9.17) is 9.47 Å². The van der Waals surface area contributed by atoms with Gasteiger partial charge < -0.3 is 14.4 Å². The number of anilines is 1. The summed E-state index contributed by atoms with van der Waals surface area (Å²) in [6.07, 6.45) is 6.91. The third-order valence-corrected chi connectivity index (χ3v) is 4.84. The molecule has 0 spiro atoms. The largest absolute Gasteiger partial charge is 0.371 e. The van der Waals surface area contributed by atoms with Crippen molar-refractivity contribution >= 4 is 16.7 Å². The summed E-state index contributed by atoms with van der Waals surface area (Å²) in [6.45, 7) is 2.66. The maximum atomic E-state index is 6.13. The minimum Gasteiger partial charge on any atom is -0.371 e. The van der Waals surface area contributed by atoms with Crippen molar-refractivity contribution in [3.8, 4) is 0 Å². The quantitative estimate of drug-likeness (QED) is 0.691. The molecule has 0 saturated carbocycles. The molecule has 3 aromatic heterocycles. The third kappa shape index (κ3) is 2.63. The summed E-state index contributed by atoms with van der Waals surface area (Å²) in [5.41, 5.74) is 0.952. The van der Waals surface area contributed by atoms with Crippen LogP contribution in [0.2, 0.25) is 0 Å². The van der Waals surface area contributed by atoms with Crippen LogP contribution in [-0.2, 0) is 9.47 Å². The highest BCUT2D eigenvalue weighted by Gasteiger charge is 2.38. The van der Waals surface area contributed by atoms with Crippen LogP contribution < -0.4 is 4.90 Å². The molecule has 2 atom stereocenters. The molecule has 8 nitrogen and oxygen atoms in total. The van der Waals surface area contributed by atoms with Crippen LogP contribution in [0.25, 0.3) is 10.9 Å². The van der Waals surface area contributed by atoms with E-state index in [0.717, 1.165) is 29.8 Å². The first-order chi connectivity index (χ1) is 12.4. The minimum absolute atomic E-state index is 0.0299. The Bertz CT molecular complexity index is 849. The average molecular weight is 338 g/mol. The molecule has 0 aliphatic carbocycles. The van der Waals surface area contributed by atoms with Crippen LogP contribution in [0, 0.1) is 0 Å².